The highest BCUT2D eigenvalue weighted by molar-refractivity contribution is 7.99. The van der Waals surface area contributed by atoms with Crippen molar-refractivity contribution in [1.82, 2.24) is 0 Å². The molecule has 0 radical (unpaired) electrons. The molecule has 0 bridgehead atoms. The Morgan fingerprint density at radius 2 is 2.15 bits per heavy atom. The van der Waals surface area contributed by atoms with Gasteiger partial charge in [0.2, 0.25) is 0 Å². The van der Waals surface area contributed by atoms with E-state index in [4.69, 9.17) is 10.2 Å². The first-order valence-corrected chi connectivity index (χ1v) is 7.49. The Balaban J connectivity index is 2.13. The molecule has 0 saturated carbocycles. The predicted molar refractivity (Wildman–Crippen MR) is 83.3 cm³/mol. The second-order valence-electron chi connectivity index (χ2n) is 4.46. The number of nitrogens with two attached hydrogens (primary N) is 1. The van der Waals surface area contributed by atoms with Crippen molar-refractivity contribution in [2.75, 3.05) is 16.8 Å². The molecule has 1 heterocycles. The second-order valence-corrected chi connectivity index (χ2v) is 5.63. The zero-order chi connectivity index (χ0) is 14.5. The number of hydrogen-bond donors (Lipinski definition) is 2. The van der Waals surface area contributed by atoms with Crippen LogP contribution in [-0.2, 0) is 0 Å². The van der Waals surface area contributed by atoms with Crippen LogP contribution in [0.15, 0.2) is 39.6 Å². The highest BCUT2D eigenvalue weighted by Crippen LogP contribution is 2.27. The lowest BCUT2D eigenvalue weighted by molar-refractivity contribution is 0.0995. The number of nitrogens with one attached hydrogen (secondary N) is 1. The van der Waals surface area contributed by atoms with Crippen molar-refractivity contribution >= 4 is 29.0 Å². The molecular formula is C15H18N2O2S. The Labute approximate surface area is 122 Å². The van der Waals surface area contributed by atoms with E-state index in [9.17, 15) is 4.79 Å². The minimum absolute atomic E-state index is 0.286. The molecule has 3 N–H and O–H groups in total. The summed E-state index contributed by atoms with van der Waals surface area (Å²) in [6, 6.07) is 9.06. The Morgan fingerprint density at radius 1 is 1.35 bits per heavy atom. The van der Waals surface area contributed by atoms with Crippen molar-refractivity contribution in [2.24, 2.45) is 0 Å². The third kappa shape index (κ3) is 3.57. The Kier molecular flexibility index (Phi) is 4.74. The van der Waals surface area contributed by atoms with E-state index in [0.717, 1.165) is 17.1 Å². The number of benzene rings is 1. The molecule has 5 heteroatoms. The number of carbonyl (C=O) groups excluding carboxylic acids is 1. The fourth-order valence-corrected chi connectivity index (χ4v) is 2.50. The normalized spacial score (nSPS) is 10.5. The van der Waals surface area contributed by atoms with E-state index in [1.807, 2.05) is 12.1 Å². The fourth-order valence-electron chi connectivity index (χ4n) is 1.69. The van der Waals surface area contributed by atoms with Crippen LogP contribution in [0.25, 0.3) is 0 Å². The average Bonchev–Trinajstić information content (AvgIpc) is 2.86. The van der Waals surface area contributed by atoms with Crippen molar-refractivity contribution in [2.45, 2.75) is 25.2 Å². The van der Waals surface area contributed by atoms with E-state index >= 15 is 0 Å². The molecule has 20 heavy (non-hydrogen) atoms. The molecule has 0 aliphatic carbocycles. The maximum atomic E-state index is 12.0. The molecule has 2 aromatic rings. The van der Waals surface area contributed by atoms with Gasteiger partial charge in [-0.3, -0.25) is 4.79 Å². The lowest BCUT2D eigenvalue weighted by Gasteiger charge is -2.09. The van der Waals surface area contributed by atoms with E-state index in [1.54, 1.807) is 36.9 Å². The molecule has 0 spiro atoms. The van der Waals surface area contributed by atoms with E-state index in [2.05, 4.69) is 12.2 Å². The molecule has 0 unspecified atom stereocenters. The largest absolute Gasteiger partial charge is 0.456 e. The number of furan rings is 1. The Bertz CT molecular complexity index is 608. The van der Waals surface area contributed by atoms with Crippen LogP contribution in [0.2, 0.25) is 0 Å². The summed E-state index contributed by atoms with van der Waals surface area (Å²) in [6.45, 7) is 3.93. The Hall–Kier alpha value is -1.88. The van der Waals surface area contributed by atoms with Gasteiger partial charge in [0.05, 0.1) is 11.4 Å². The highest BCUT2D eigenvalue weighted by atomic mass is 32.2. The van der Waals surface area contributed by atoms with Gasteiger partial charge in [0.15, 0.2) is 5.76 Å². The smallest absolute Gasteiger partial charge is 0.291 e. The van der Waals surface area contributed by atoms with Crippen LogP contribution in [0, 0.1) is 6.92 Å². The van der Waals surface area contributed by atoms with Crippen molar-refractivity contribution in [3.05, 3.63) is 41.9 Å². The molecule has 0 fully saturated rings. The van der Waals surface area contributed by atoms with Crippen LogP contribution < -0.4 is 11.1 Å². The van der Waals surface area contributed by atoms with Gasteiger partial charge < -0.3 is 15.5 Å². The summed E-state index contributed by atoms with van der Waals surface area (Å²) in [5.74, 6) is 1.74. The summed E-state index contributed by atoms with van der Waals surface area (Å²) in [6.07, 6.45) is 1.10. The number of hydrogen-bond acceptors (Lipinski definition) is 4. The molecule has 106 valence electrons. The molecule has 1 amide bonds. The van der Waals surface area contributed by atoms with Crippen molar-refractivity contribution in [3.8, 4) is 0 Å². The van der Waals surface area contributed by atoms with Gasteiger partial charge in [0, 0.05) is 4.90 Å². The van der Waals surface area contributed by atoms with Crippen LogP contribution >= 0.6 is 11.8 Å². The second kappa shape index (κ2) is 6.52. The molecule has 4 nitrogen and oxygen atoms in total. The molecule has 0 atom stereocenters. The molecule has 0 saturated heterocycles. The van der Waals surface area contributed by atoms with Crippen molar-refractivity contribution in [3.63, 3.8) is 0 Å². The first-order chi connectivity index (χ1) is 9.60. The van der Waals surface area contributed by atoms with Gasteiger partial charge in [-0.2, -0.15) is 0 Å². The lowest BCUT2D eigenvalue weighted by Crippen LogP contribution is -2.12. The van der Waals surface area contributed by atoms with Crippen molar-refractivity contribution < 1.29 is 9.21 Å². The quantitative estimate of drug-likeness (QED) is 0.647. The van der Waals surface area contributed by atoms with E-state index in [0.29, 0.717) is 17.1 Å². The van der Waals surface area contributed by atoms with Crippen LogP contribution in [0.5, 0.6) is 0 Å². The summed E-state index contributed by atoms with van der Waals surface area (Å²) in [5, 5.41) is 2.79. The van der Waals surface area contributed by atoms with Gasteiger partial charge in [0.1, 0.15) is 5.76 Å². The van der Waals surface area contributed by atoms with Crippen LogP contribution in [0.3, 0.4) is 0 Å². The zero-order valence-electron chi connectivity index (χ0n) is 11.6. The monoisotopic (exact) mass is 290 g/mol. The number of aryl methyl sites for hydroxylation is 1. The molecule has 1 aromatic heterocycles. The van der Waals surface area contributed by atoms with Gasteiger partial charge in [-0.15, -0.1) is 11.8 Å². The summed E-state index contributed by atoms with van der Waals surface area (Å²) < 4.78 is 5.29. The predicted octanol–water partition coefficient (Wildman–Crippen LogP) is 3.92. The fraction of sp³-hybridized carbons (Fsp3) is 0.267. The highest BCUT2D eigenvalue weighted by Gasteiger charge is 2.12. The lowest BCUT2D eigenvalue weighted by atomic mass is 10.2. The summed E-state index contributed by atoms with van der Waals surface area (Å²) >= 11 is 1.74. The van der Waals surface area contributed by atoms with Crippen molar-refractivity contribution in [1.29, 1.82) is 0 Å². The van der Waals surface area contributed by atoms with Gasteiger partial charge in [-0.05, 0) is 49.4 Å². The zero-order valence-corrected chi connectivity index (χ0v) is 12.4. The molecule has 0 aliphatic heterocycles. The number of thioether (sulfide) groups is 1. The van der Waals surface area contributed by atoms with E-state index in [1.165, 1.54) is 0 Å². The first kappa shape index (κ1) is 14.5. The van der Waals surface area contributed by atoms with E-state index in [-0.39, 0.29) is 11.7 Å². The number of rotatable bonds is 5. The average molecular weight is 290 g/mol. The standard InChI is InChI=1S/C15H18N2O2S/c1-3-8-20-11-5-6-12(16)13(9-11)17-15(18)14-7-4-10(2)19-14/h4-7,9H,3,8,16H2,1-2H3,(H,17,18). The SMILES string of the molecule is CCCSc1ccc(N)c(NC(=O)c2ccc(C)o2)c1. The van der Waals surface area contributed by atoms with E-state index < -0.39 is 0 Å². The summed E-state index contributed by atoms with van der Waals surface area (Å²) in [4.78, 5) is 13.1. The van der Waals surface area contributed by atoms with Gasteiger partial charge in [0.25, 0.3) is 5.91 Å². The minimum Gasteiger partial charge on any atom is -0.456 e. The number of amides is 1. The molecule has 0 aliphatic rings. The number of carbonyl (C=O) groups is 1. The molecule has 2 rings (SSSR count). The first-order valence-electron chi connectivity index (χ1n) is 6.50. The van der Waals surface area contributed by atoms with Crippen LogP contribution in [0.4, 0.5) is 11.4 Å². The number of anilines is 2. The minimum atomic E-state index is -0.289. The maximum Gasteiger partial charge on any atom is 0.291 e. The van der Waals surface area contributed by atoms with Crippen LogP contribution in [0.1, 0.15) is 29.7 Å². The van der Waals surface area contributed by atoms with Gasteiger partial charge in [-0.25, -0.2) is 0 Å². The van der Waals surface area contributed by atoms with Crippen LogP contribution in [-0.4, -0.2) is 11.7 Å². The molecule has 1 aromatic carbocycles. The number of nitrogen functional groups attached to an aromatic ring is 1. The molecular weight excluding hydrogens is 272 g/mol. The van der Waals surface area contributed by atoms with Gasteiger partial charge >= 0.3 is 0 Å². The topological polar surface area (TPSA) is 68.3 Å². The maximum absolute atomic E-state index is 12.0. The van der Waals surface area contributed by atoms with Gasteiger partial charge in [-0.1, -0.05) is 6.92 Å². The third-order valence-corrected chi connectivity index (χ3v) is 3.91. The Morgan fingerprint density at radius 3 is 2.80 bits per heavy atom. The third-order valence-electron chi connectivity index (χ3n) is 2.71. The summed E-state index contributed by atoms with van der Waals surface area (Å²) in [5.41, 5.74) is 7.05. The summed E-state index contributed by atoms with van der Waals surface area (Å²) in [7, 11) is 0.